The van der Waals surface area contributed by atoms with Crippen LogP contribution in [0.5, 0.6) is 0 Å². The molecule has 0 saturated carbocycles. The normalized spacial score (nSPS) is 25.8. The lowest BCUT2D eigenvalue weighted by atomic mass is 9.97. The summed E-state index contributed by atoms with van der Waals surface area (Å²) in [5, 5.41) is 16.1. The summed E-state index contributed by atoms with van der Waals surface area (Å²) >= 11 is 0. The maximum Gasteiger partial charge on any atom is 0.418 e. The zero-order valence-corrected chi connectivity index (χ0v) is 15.0. The molecule has 2 bridgehead atoms. The van der Waals surface area contributed by atoms with E-state index in [4.69, 9.17) is 20.1 Å². The summed E-state index contributed by atoms with van der Waals surface area (Å²) in [6, 6.07) is -1.61. The third-order valence-electron chi connectivity index (χ3n) is 5.03. The summed E-state index contributed by atoms with van der Waals surface area (Å²) in [7, 11) is -4.78. The summed E-state index contributed by atoms with van der Waals surface area (Å²) in [6.07, 6.45) is 1.53. The molecular formula is C13H19N7O6S. The molecule has 1 aromatic rings. The van der Waals surface area contributed by atoms with E-state index in [1.165, 1.54) is 4.90 Å². The number of hydroxylamine groups is 2. The van der Waals surface area contributed by atoms with Crippen molar-refractivity contribution in [3.63, 3.8) is 0 Å². The molecule has 2 atom stereocenters. The number of urea groups is 1. The first-order valence-electron chi connectivity index (χ1n) is 8.39. The minimum atomic E-state index is -4.78. The Morgan fingerprint density at radius 1 is 1.33 bits per heavy atom. The van der Waals surface area contributed by atoms with Gasteiger partial charge in [-0.1, -0.05) is 0 Å². The fraction of sp³-hybridized carbons (Fsp3) is 0.692. The highest BCUT2D eigenvalue weighted by molar-refractivity contribution is 7.80. The van der Waals surface area contributed by atoms with Crippen LogP contribution in [0, 0.1) is 11.3 Å². The van der Waals surface area contributed by atoms with Crippen molar-refractivity contribution in [2.45, 2.75) is 31.3 Å². The van der Waals surface area contributed by atoms with Crippen LogP contribution in [0.3, 0.4) is 0 Å². The number of rotatable bonds is 5. The van der Waals surface area contributed by atoms with E-state index in [9.17, 15) is 13.2 Å². The number of aromatic nitrogens is 2. The zero-order valence-electron chi connectivity index (χ0n) is 14.2. The minimum Gasteiger partial charge on any atom is -0.423 e. The summed E-state index contributed by atoms with van der Waals surface area (Å²) < 4.78 is 40.8. The van der Waals surface area contributed by atoms with E-state index >= 15 is 0 Å². The number of nitrogens with two attached hydrogens (primary N) is 1. The Morgan fingerprint density at radius 3 is 2.74 bits per heavy atom. The van der Waals surface area contributed by atoms with Crippen LogP contribution in [0.15, 0.2) is 4.42 Å². The van der Waals surface area contributed by atoms with Gasteiger partial charge >= 0.3 is 16.4 Å². The first-order valence-corrected chi connectivity index (χ1v) is 9.76. The predicted octanol–water partition coefficient (Wildman–Crippen LogP) is -0.887. The molecule has 14 heteroatoms. The molecule has 148 valence electrons. The molecule has 1 aromatic heterocycles. The summed E-state index contributed by atoms with van der Waals surface area (Å²) in [4.78, 5) is 15.5. The fourth-order valence-electron chi connectivity index (χ4n) is 3.71. The van der Waals surface area contributed by atoms with Crippen molar-refractivity contribution < 1.29 is 26.5 Å². The Bertz CT molecular complexity index is 866. The predicted molar refractivity (Wildman–Crippen MR) is 87.3 cm³/mol. The van der Waals surface area contributed by atoms with Gasteiger partial charge in [0.1, 0.15) is 6.04 Å². The summed E-state index contributed by atoms with van der Waals surface area (Å²) in [6.45, 7) is 1.56. The second-order valence-electron chi connectivity index (χ2n) is 6.90. The monoisotopic (exact) mass is 401 g/mol. The SMILES string of the molecule is N=C(N)N1CC(Cc2nnc([C@@H]3CC[C@@H]4CN3C(=O)N4OS(=O)(=O)O)o2)C1. The molecule has 2 amide bonds. The van der Waals surface area contributed by atoms with Crippen LogP contribution >= 0.6 is 0 Å². The zero-order chi connectivity index (χ0) is 19.3. The molecule has 3 aliphatic heterocycles. The van der Waals surface area contributed by atoms with Gasteiger partial charge in [0.2, 0.25) is 11.8 Å². The van der Waals surface area contributed by atoms with Crippen molar-refractivity contribution in [3.8, 4) is 0 Å². The van der Waals surface area contributed by atoms with E-state index in [0.717, 1.165) is 0 Å². The lowest BCUT2D eigenvalue weighted by Crippen LogP contribution is -2.53. The number of fused-ring (bicyclic) bond motifs is 2. The van der Waals surface area contributed by atoms with E-state index in [1.54, 1.807) is 4.90 Å². The maximum atomic E-state index is 12.4. The van der Waals surface area contributed by atoms with Gasteiger partial charge < -0.3 is 20.0 Å². The van der Waals surface area contributed by atoms with Gasteiger partial charge in [0.05, 0.1) is 6.04 Å². The minimum absolute atomic E-state index is 0.0402. The van der Waals surface area contributed by atoms with Crippen LogP contribution in [0.4, 0.5) is 4.79 Å². The first kappa shape index (κ1) is 17.9. The van der Waals surface area contributed by atoms with Crippen LogP contribution in [-0.2, 0) is 21.1 Å². The maximum absolute atomic E-state index is 12.4. The number of nitrogens with zero attached hydrogens (tertiary/aromatic N) is 5. The molecule has 0 aliphatic carbocycles. The van der Waals surface area contributed by atoms with Crippen molar-refractivity contribution in [2.75, 3.05) is 19.6 Å². The Morgan fingerprint density at radius 2 is 2.07 bits per heavy atom. The molecule has 4 heterocycles. The molecule has 3 aliphatic rings. The van der Waals surface area contributed by atoms with Crippen LogP contribution in [0.2, 0.25) is 0 Å². The van der Waals surface area contributed by atoms with Crippen LogP contribution < -0.4 is 5.73 Å². The fourth-order valence-corrected chi connectivity index (χ4v) is 4.10. The second-order valence-corrected chi connectivity index (χ2v) is 7.91. The third-order valence-corrected chi connectivity index (χ3v) is 5.38. The van der Waals surface area contributed by atoms with Crippen molar-refractivity contribution in [2.24, 2.45) is 11.7 Å². The van der Waals surface area contributed by atoms with Crippen molar-refractivity contribution in [1.29, 1.82) is 5.41 Å². The number of carbonyl (C=O) groups excluding carboxylic acids is 1. The Labute approximate surface area is 154 Å². The van der Waals surface area contributed by atoms with Gasteiger partial charge in [0.25, 0.3) is 0 Å². The van der Waals surface area contributed by atoms with E-state index < -0.39 is 28.5 Å². The standard InChI is InChI=1S/C13H19N7O6S/c14-12(15)18-4-7(5-18)3-10-16-17-11(25-10)9-2-1-8-6-19(9)13(21)20(8)26-27(22,23)24/h7-9H,1-6H2,(H3,14,15)(H,22,23,24)/t8-,9+/m1/s1. The van der Waals surface area contributed by atoms with Crippen LogP contribution in [0.25, 0.3) is 0 Å². The first-order chi connectivity index (χ1) is 12.7. The quantitative estimate of drug-likeness (QED) is 0.318. The molecule has 3 fully saturated rings. The number of amides is 2. The number of guanidine groups is 1. The second kappa shape index (κ2) is 6.31. The highest BCUT2D eigenvalue weighted by atomic mass is 32.3. The topological polar surface area (TPSA) is 179 Å². The van der Waals surface area contributed by atoms with E-state index in [2.05, 4.69) is 14.5 Å². The molecule has 0 aromatic carbocycles. The molecule has 13 nitrogen and oxygen atoms in total. The molecule has 3 saturated heterocycles. The van der Waals surface area contributed by atoms with Gasteiger partial charge in [0.15, 0.2) is 5.96 Å². The van der Waals surface area contributed by atoms with Crippen molar-refractivity contribution >= 4 is 22.4 Å². The number of nitrogens with one attached hydrogen (secondary N) is 1. The van der Waals surface area contributed by atoms with E-state index in [1.807, 2.05) is 0 Å². The van der Waals surface area contributed by atoms with Gasteiger partial charge in [-0.2, -0.15) is 13.5 Å². The molecule has 0 spiro atoms. The number of carbonyl (C=O) groups is 1. The smallest absolute Gasteiger partial charge is 0.418 e. The Balaban J connectivity index is 1.41. The molecular weight excluding hydrogens is 382 g/mol. The average Bonchev–Trinajstić information content (AvgIpc) is 3.09. The van der Waals surface area contributed by atoms with Crippen molar-refractivity contribution in [1.82, 2.24) is 25.1 Å². The lowest BCUT2D eigenvalue weighted by Gasteiger charge is -2.38. The van der Waals surface area contributed by atoms with Gasteiger partial charge in [-0.3, -0.25) is 9.96 Å². The Kier molecular flexibility index (Phi) is 4.20. The van der Waals surface area contributed by atoms with Crippen molar-refractivity contribution in [3.05, 3.63) is 11.8 Å². The van der Waals surface area contributed by atoms with Gasteiger partial charge in [-0.15, -0.1) is 14.5 Å². The van der Waals surface area contributed by atoms with Gasteiger partial charge in [-0.05, 0) is 12.8 Å². The number of hydrogen-bond acceptors (Lipinski definition) is 8. The van der Waals surface area contributed by atoms with E-state index in [-0.39, 0.29) is 24.3 Å². The largest absolute Gasteiger partial charge is 0.423 e. The number of likely N-dealkylation sites (tertiary alicyclic amines) is 1. The highest BCUT2D eigenvalue weighted by Crippen LogP contribution is 2.38. The van der Waals surface area contributed by atoms with Gasteiger partial charge in [-0.25, -0.2) is 4.79 Å². The summed E-state index contributed by atoms with van der Waals surface area (Å²) in [5.41, 5.74) is 5.40. The van der Waals surface area contributed by atoms with Crippen LogP contribution in [0.1, 0.15) is 30.7 Å². The third kappa shape index (κ3) is 3.42. The van der Waals surface area contributed by atoms with Crippen LogP contribution in [-0.4, -0.2) is 75.7 Å². The summed E-state index contributed by atoms with van der Waals surface area (Å²) in [5.74, 6) is 1.04. The highest BCUT2D eigenvalue weighted by Gasteiger charge is 2.49. The lowest BCUT2D eigenvalue weighted by molar-refractivity contribution is -0.0317. The van der Waals surface area contributed by atoms with E-state index in [0.29, 0.717) is 43.3 Å². The molecule has 27 heavy (non-hydrogen) atoms. The van der Waals surface area contributed by atoms with Gasteiger partial charge in [0, 0.05) is 32.0 Å². The number of hydrogen-bond donors (Lipinski definition) is 3. The molecule has 0 unspecified atom stereocenters. The molecule has 4 N–H and O–H groups in total. The molecule has 4 rings (SSSR count). The number of piperidine rings is 1. The average molecular weight is 401 g/mol. The molecule has 0 radical (unpaired) electrons. The Hall–Kier alpha value is -2.45.